The fraction of sp³-hybridized carbons (Fsp3) is 0.375. The van der Waals surface area contributed by atoms with Gasteiger partial charge in [-0.15, -0.1) is 0 Å². The molecule has 2 aromatic carbocycles. The van der Waals surface area contributed by atoms with Crippen molar-refractivity contribution in [3.05, 3.63) is 65.7 Å². The number of likely N-dealkylation sites (N-methyl/N-ethyl adjacent to an activating group) is 1. The molecule has 0 bridgehead atoms. The van der Waals surface area contributed by atoms with Gasteiger partial charge in [-0.3, -0.25) is 9.59 Å². The molecule has 31 heavy (non-hydrogen) atoms. The second-order valence-corrected chi connectivity index (χ2v) is 8.43. The van der Waals surface area contributed by atoms with Crippen LogP contribution in [0.4, 0.5) is 10.5 Å². The molecule has 166 valence electrons. The van der Waals surface area contributed by atoms with Crippen LogP contribution in [0.5, 0.6) is 0 Å². The first-order chi connectivity index (χ1) is 14.5. The Morgan fingerprint density at radius 3 is 2.13 bits per heavy atom. The van der Waals surface area contributed by atoms with Gasteiger partial charge in [0.2, 0.25) is 5.91 Å². The third-order valence-electron chi connectivity index (χ3n) is 4.61. The predicted octanol–water partition coefficient (Wildman–Crippen LogP) is 4.05. The SMILES string of the molecule is Cc1ccccc1NC(=O)C(c1ccccc1)N(C)C(=O)C(C)NC(=O)OC(C)(C)C. The quantitative estimate of drug-likeness (QED) is 0.731. The summed E-state index contributed by atoms with van der Waals surface area (Å²) >= 11 is 0. The van der Waals surface area contributed by atoms with Crippen LogP contribution in [-0.2, 0) is 14.3 Å². The van der Waals surface area contributed by atoms with Crippen molar-refractivity contribution in [1.29, 1.82) is 0 Å². The molecule has 2 unspecified atom stereocenters. The molecule has 0 aromatic heterocycles. The molecule has 2 rings (SSSR count). The molecule has 2 aromatic rings. The summed E-state index contributed by atoms with van der Waals surface area (Å²) in [5.41, 5.74) is 1.57. The highest BCUT2D eigenvalue weighted by molar-refractivity contribution is 5.99. The Morgan fingerprint density at radius 1 is 0.968 bits per heavy atom. The molecule has 0 saturated carbocycles. The minimum absolute atomic E-state index is 0.346. The summed E-state index contributed by atoms with van der Waals surface area (Å²) in [6.07, 6.45) is -0.692. The lowest BCUT2D eigenvalue weighted by atomic mass is 10.0. The maximum Gasteiger partial charge on any atom is 0.408 e. The number of rotatable bonds is 6. The van der Waals surface area contributed by atoms with Crippen LogP contribution in [0.1, 0.15) is 44.9 Å². The van der Waals surface area contributed by atoms with E-state index in [1.807, 2.05) is 49.4 Å². The van der Waals surface area contributed by atoms with Crippen molar-refractivity contribution in [3.8, 4) is 0 Å². The predicted molar refractivity (Wildman–Crippen MR) is 121 cm³/mol. The Hall–Kier alpha value is -3.35. The largest absolute Gasteiger partial charge is 0.444 e. The molecule has 2 atom stereocenters. The highest BCUT2D eigenvalue weighted by Gasteiger charge is 2.32. The van der Waals surface area contributed by atoms with E-state index in [1.54, 1.807) is 46.9 Å². The van der Waals surface area contributed by atoms with Crippen LogP contribution < -0.4 is 10.6 Å². The van der Waals surface area contributed by atoms with E-state index in [1.165, 1.54) is 4.90 Å². The second-order valence-electron chi connectivity index (χ2n) is 8.43. The van der Waals surface area contributed by atoms with E-state index >= 15 is 0 Å². The number of hydrogen-bond donors (Lipinski definition) is 2. The molecule has 0 aliphatic heterocycles. The fourth-order valence-corrected chi connectivity index (χ4v) is 3.08. The zero-order valence-corrected chi connectivity index (χ0v) is 18.9. The Morgan fingerprint density at radius 2 is 1.55 bits per heavy atom. The van der Waals surface area contributed by atoms with Gasteiger partial charge in [-0.2, -0.15) is 0 Å². The monoisotopic (exact) mass is 425 g/mol. The number of carbonyl (C=O) groups excluding carboxylic acids is 3. The summed E-state index contributed by atoms with van der Waals surface area (Å²) < 4.78 is 5.22. The van der Waals surface area contributed by atoms with Crippen LogP contribution >= 0.6 is 0 Å². The van der Waals surface area contributed by atoms with Crippen LogP contribution in [0.3, 0.4) is 0 Å². The summed E-state index contributed by atoms with van der Waals surface area (Å²) in [7, 11) is 1.55. The average molecular weight is 426 g/mol. The van der Waals surface area contributed by atoms with E-state index in [0.29, 0.717) is 11.3 Å². The van der Waals surface area contributed by atoms with Gasteiger partial charge in [0.05, 0.1) is 0 Å². The Bertz CT molecular complexity index is 922. The van der Waals surface area contributed by atoms with Crippen molar-refractivity contribution in [1.82, 2.24) is 10.2 Å². The average Bonchev–Trinajstić information content (AvgIpc) is 2.68. The van der Waals surface area contributed by atoms with Crippen LogP contribution in [0.25, 0.3) is 0 Å². The minimum atomic E-state index is -0.879. The first kappa shape index (κ1) is 23.9. The van der Waals surface area contributed by atoms with Crippen LogP contribution in [0.2, 0.25) is 0 Å². The molecule has 7 nitrogen and oxygen atoms in total. The van der Waals surface area contributed by atoms with E-state index in [0.717, 1.165) is 5.56 Å². The molecule has 7 heteroatoms. The number of nitrogens with zero attached hydrogens (tertiary/aromatic N) is 1. The van der Waals surface area contributed by atoms with Gasteiger partial charge in [0.1, 0.15) is 17.7 Å². The van der Waals surface area contributed by atoms with Crippen molar-refractivity contribution in [3.63, 3.8) is 0 Å². The molecule has 0 fully saturated rings. The molecule has 0 aliphatic carbocycles. The Labute approximate surface area is 183 Å². The third kappa shape index (κ3) is 6.84. The standard InChI is InChI=1S/C24H31N3O4/c1-16-12-10-11-15-19(16)26-21(28)20(18-13-8-7-9-14-18)27(6)22(29)17(2)25-23(30)31-24(3,4)5/h7-15,17,20H,1-6H3,(H,25,30)(H,26,28). The highest BCUT2D eigenvalue weighted by Crippen LogP contribution is 2.24. The smallest absolute Gasteiger partial charge is 0.408 e. The minimum Gasteiger partial charge on any atom is -0.444 e. The summed E-state index contributed by atoms with van der Waals surface area (Å²) in [4.78, 5) is 39.7. The lowest BCUT2D eigenvalue weighted by molar-refractivity contribution is -0.138. The Kier molecular flexibility index (Phi) is 7.80. The number of aryl methyl sites for hydroxylation is 1. The van der Waals surface area contributed by atoms with Gasteiger partial charge in [-0.05, 0) is 51.8 Å². The van der Waals surface area contributed by atoms with Crippen molar-refractivity contribution >= 4 is 23.6 Å². The Balaban J connectivity index is 2.23. The number of nitrogens with one attached hydrogen (secondary N) is 2. The number of amides is 3. The number of benzene rings is 2. The number of hydrogen-bond acceptors (Lipinski definition) is 4. The van der Waals surface area contributed by atoms with Gasteiger partial charge < -0.3 is 20.3 Å². The molecule has 0 aliphatic rings. The van der Waals surface area contributed by atoms with Gasteiger partial charge in [-0.25, -0.2) is 4.79 Å². The fourth-order valence-electron chi connectivity index (χ4n) is 3.08. The topological polar surface area (TPSA) is 87.7 Å². The normalized spacial score (nSPS) is 13.0. The summed E-state index contributed by atoms with van der Waals surface area (Å²) in [5, 5.41) is 5.45. The lowest BCUT2D eigenvalue weighted by Crippen LogP contribution is -2.49. The number of anilines is 1. The summed E-state index contributed by atoms with van der Waals surface area (Å²) in [5.74, 6) is -0.763. The molecular weight excluding hydrogens is 394 g/mol. The highest BCUT2D eigenvalue weighted by atomic mass is 16.6. The summed E-state index contributed by atoms with van der Waals surface area (Å²) in [6, 6.07) is 14.7. The third-order valence-corrected chi connectivity index (χ3v) is 4.61. The van der Waals surface area contributed by atoms with Gasteiger partial charge >= 0.3 is 6.09 Å². The number of carbonyl (C=O) groups is 3. The van der Waals surface area contributed by atoms with E-state index < -0.39 is 29.7 Å². The van der Waals surface area contributed by atoms with E-state index in [9.17, 15) is 14.4 Å². The number of ether oxygens (including phenoxy) is 1. The van der Waals surface area contributed by atoms with Crippen LogP contribution in [0.15, 0.2) is 54.6 Å². The maximum absolute atomic E-state index is 13.2. The van der Waals surface area contributed by atoms with Crippen molar-refractivity contribution in [2.45, 2.75) is 52.3 Å². The molecule has 0 spiro atoms. The molecule has 0 saturated heterocycles. The van der Waals surface area contributed by atoms with Gasteiger partial charge in [0, 0.05) is 12.7 Å². The molecular formula is C24H31N3O4. The summed E-state index contributed by atoms with van der Waals surface area (Å²) in [6.45, 7) is 8.69. The molecule has 3 amide bonds. The molecule has 2 N–H and O–H groups in total. The van der Waals surface area contributed by atoms with E-state index in [4.69, 9.17) is 4.74 Å². The van der Waals surface area contributed by atoms with Crippen molar-refractivity contribution in [2.24, 2.45) is 0 Å². The van der Waals surface area contributed by atoms with Gasteiger partial charge in [0.25, 0.3) is 5.91 Å². The maximum atomic E-state index is 13.2. The second kappa shape index (κ2) is 10.1. The van der Waals surface area contributed by atoms with E-state index in [-0.39, 0.29) is 5.91 Å². The first-order valence-corrected chi connectivity index (χ1v) is 10.2. The number of alkyl carbamates (subject to hydrolysis) is 1. The molecule has 0 heterocycles. The van der Waals surface area contributed by atoms with Crippen molar-refractivity contribution < 1.29 is 19.1 Å². The van der Waals surface area contributed by atoms with Crippen molar-refractivity contribution in [2.75, 3.05) is 12.4 Å². The number of para-hydroxylation sites is 1. The zero-order valence-electron chi connectivity index (χ0n) is 18.9. The van der Waals surface area contributed by atoms with E-state index in [2.05, 4.69) is 10.6 Å². The zero-order chi connectivity index (χ0) is 23.2. The molecule has 0 radical (unpaired) electrons. The van der Waals surface area contributed by atoms with Crippen LogP contribution in [0, 0.1) is 6.92 Å². The van der Waals surface area contributed by atoms with Crippen LogP contribution in [-0.4, -0.2) is 41.5 Å². The lowest BCUT2D eigenvalue weighted by Gasteiger charge is -2.30. The van der Waals surface area contributed by atoms with Gasteiger partial charge in [0.15, 0.2) is 0 Å². The van der Waals surface area contributed by atoms with Gasteiger partial charge in [-0.1, -0.05) is 48.5 Å². The first-order valence-electron chi connectivity index (χ1n) is 10.2.